The molecule has 1 unspecified atom stereocenters. The molecule has 1 saturated heterocycles. The first-order valence-corrected chi connectivity index (χ1v) is 10.6. The molecule has 0 radical (unpaired) electrons. The maximum absolute atomic E-state index is 13.6. The number of nitrogens with two attached hydrogens (primary N) is 3. The van der Waals surface area contributed by atoms with E-state index in [9.17, 15) is 22.4 Å². The topological polar surface area (TPSA) is 153 Å². The Morgan fingerprint density at radius 3 is 2.39 bits per heavy atom. The minimum atomic E-state index is -5.07. The first-order chi connectivity index (χ1) is 17.0. The molecule has 0 bridgehead atoms. The van der Waals surface area contributed by atoms with Crippen LogP contribution in [0.5, 0.6) is 17.2 Å². The number of nitrogens with zero attached hydrogens (tertiary/aromatic N) is 3. The summed E-state index contributed by atoms with van der Waals surface area (Å²) in [5, 5.41) is 9.08. The molecule has 2 aromatic rings. The average Bonchev–Trinajstić information content (AvgIpc) is 2.80. The zero-order valence-corrected chi connectivity index (χ0v) is 18.8. The van der Waals surface area contributed by atoms with Crippen LogP contribution in [0.15, 0.2) is 53.0 Å². The molecule has 6 N–H and O–H groups in total. The number of aliphatic imine (C=N–C) groups is 1. The van der Waals surface area contributed by atoms with Gasteiger partial charge in [0, 0.05) is 12.6 Å². The number of halogens is 4. The molecular weight excluding hydrogens is 484 g/mol. The van der Waals surface area contributed by atoms with Gasteiger partial charge in [-0.05, 0) is 54.8 Å². The Labute approximate surface area is 203 Å². The van der Waals surface area contributed by atoms with E-state index in [0.717, 1.165) is 24.6 Å². The highest BCUT2D eigenvalue weighted by Crippen LogP contribution is 2.31. The molecule has 36 heavy (non-hydrogen) atoms. The van der Waals surface area contributed by atoms with Gasteiger partial charge in [-0.1, -0.05) is 0 Å². The molecule has 1 atom stereocenters. The van der Waals surface area contributed by atoms with Gasteiger partial charge in [0.15, 0.2) is 17.8 Å². The maximum atomic E-state index is 13.6. The third-order valence-corrected chi connectivity index (χ3v) is 5.16. The van der Waals surface area contributed by atoms with E-state index in [1.54, 1.807) is 4.90 Å². The summed E-state index contributed by atoms with van der Waals surface area (Å²) >= 11 is 0. The number of amides is 1. The summed E-state index contributed by atoms with van der Waals surface area (Å²) in [4.78, 5) is 18.0. The molecule has 190 valence electrons. The van der Waals surface area contributed by atoms with Crippen LogP contribution in [-0.2, 0) is 4.79 Å². The van der Waals surface area contributed by atoms with Crippen LogP contribution in [0.3, 0.4) is 0 Å². The third-order valence-electron chi connectivity index (χ3n) is 5.16. The number of likely N-dealkylation sites (tertiary alicyclic amines) is 1. The van der Waals surface area contributed by atoms with Crippen molar-refractivity contribution in [1.82, 2.24) is 4.90 Å². The fourth-order valence-corrected chi connectivity index (χ4v) is 3.54. The van der Waals surface area contributed by atoms with E-state index >= 15 is 0 Å². The van der Waals surface area contributed by atoms with Gasteiger partial charge < -0.3 is 31.6 Å². The molecule has 0 aromatic heterocycles. The van der Waals surface area contributed by atoms with Crippen LogP contribution in [-0.4, -0.2) is 42.1 Å². The highest BCUT2D eigenvalue weighted by Gasteiger charge is 2.32. The highest BCUT2D eigenvalue weighted by atomic mass is 19.4. The lowest BCUT2D eigenvalue weighted by Gasteiger charge is -2.26. The van der Waals surface area contributed by atoms with Crippen molar-refractivity contribution < 1.29 is 31.8 Å². The van der Waals surface area contributed by atoms with Gasteiger partial charge in [-0.25, -0.2) is 4.39 Å². The molecule has 3 rings (SSSR count). The molecule has 1 aliphatic heterocycles. The van der Waals surface area contributed by atoms with E-state index in [0.29, 0.717) is 25.1 Å². The van der Waals surface area contributed by atoms with E-state index in [2.05, 4.69) is 15.9 Å². The fourth-order valence-electron chi connectivity index (χ4n) is 3.54. The largest absolute Gasteiger partial charge is 0.573 e. The summed E-state index contributed by atoms with van der Waals surface area (Å²) in [6.45, 7) is 0.973. The van der Waals surface area contributed by atoms with Crippen molar-refractivity contribution in [3.05, 3.63) is 59.4 Å². The minimum Gasteiger partial charge on any atom is -0.457 e. The normalized spacial score (nSPS) is 17.1. The number of amidine groups is 1. The number of nitriles is 1. The number of carbonyl (C=O) groups excluding carboxylic acids is 1. The molecule has 9 nitrogen and oxygen atoms in total. The van der Waals surface area contributed by atoms with Crippen LogP contribution in [0.4, 0.5) is 17.6 Å². The predicted octanol–water partition coefficient (Wildman–Crippen LogP) is 2.97. The van der Waals surface area contributed by atoms with Gasteiger partial charge in [-0.15, -0.1) is 13.2 Å². The number of hydrogen-bond donors (Lipinski definition) is 3. The van der Waals surface area contributed by atoms with E-state index in [-0.39, 0.29) is 34.6 Å². The highest BCUT2D eigenvalue weighted by molar-refractivity contribution is 6.24. The average molecular weight is 506 g/mol. The van der Waals surface area contributed by atoms with E-state index in [1.165, 1.54) is 24.3 Å². The Hall–Kier alpha value is -4.47. The van der Waals surface area contributed by atoms with Gasteiger partial charge >= 0.3 is 6.36 Å². The Morgan fingerprint density at radius 2 is 1.78 bits per heavy atom. The van der Waals surface area contributed by atoms with Gasteiger partial charge in [-0.2, -0.15) is 5.26 Å². The molecule has 13 heteroatoms. The second-order valence-electron chi connectivity index (χ2n) is 7.78. The van der Waals surface area contributed by atoms with Gasteiger partial charge in [0.05, 0.1) is 18.3 Å². The summed E-state index contributed by atoms with van der Waals surface area (Å²) in [6, 6.07) is 8.13. The Morgan fingerprint density at radius 1 is 1.11 bits per heavy atom. The number of primary amides is 1. The van der Waals surface area contributed by atoms with Gasteiger partial charge in [-0.3, -0.25) is 9.79 Å². The number of ether oxygens (including phenoxy) is 2. The van der Waals surface area contributed by atoms with Crippen molar-refractivity contribution in [3.63, 3.8) is 0 Å². The molecule has 1 aliphatic rings. The van der Waals surface area contributed by atoms with Crippen LogP contribution < -0.4 is 26.7 Å². The van der Waals surface area contributed by atoms with Crippen molar-refractivity contribution in [2.75, 3.05) is 13.1 Å². The van der Waals surface area contributed by atoms with Crippen molar-refractivity contribution >= 4 is 17.4 Å². The molecule has 1 amide bonds. The smallest absolute Gasteiger partial charge is 0.457 e. The van der Waals surface area contributed by atoms with Crippen molar-refractivity contribution in [1.29, 1.82) is 5.26 Å². The zero-order chi connectivity index (χ0) is 26.5. The maximum Gasteiger partial charge on any atom is 0.573 e. The van der Waals surface area contributed by atoms with Crippen LogP contribution in [0.1, 0.15) is 18.4 Å². The van der Waals surface area contributed by atoms with E-state index in [1.807, 2.05) is 0 Å². The fraction of sp³-hybridized carbons (Fsp3) is 0.261. The predicted molar refractivity (Wildman–Crippen MR) is 122 cm³/mol. The van der Waals surface area contributed by atoms with Crippen LogP contribution in [0.25, 0.3) is 5.70 Å². The van der Waals surface area contributed by atoms with E-state index in [4.69, 9.17) is 27.2 Å². The lowest BCUT2D eigenvalue weighted by atomic mass is 10.0. The second kappa shape index (κ2) is 10.9. The van der Waals surface area contributed by atoms with Crippen molar-refractivity contribution in [2.24, 2.45) is 22.2 Å². The summed E-state index contributed by atoms with van der Waals surface area (Å²) < 4.78 is 60.0. The number of alkyl halides is 3. The molecule has 1 fully saturated rings. The molecule has 1 heterocycles. The lowest BCUT2D eigenvalue weighted by molar-refractivity contribution is -0.275. The summed E-state index contributed by atoms with van der Waals surface area (Å²) in [5.41, 5.74) is 17.8. The standard InChI is InChI=1S/C23H22F4N6O3/c24-17-8-7-16(10-18(17)36-23(25,26)27)35-15-5-3-13(4-6-15)20(29)19(22(31)34)21(30)32-14-2-1-9-33(11-14)12-28/h3-8,10,14H,1-2,9,11,29H2,(H2,30,32)(H2,31,34). The first-order valence-electron chi connectivity index (χ1n) is 10.6. The third kappa shape index (κ3) is 6.78. The summed E-state index contributed by atoms with van der Waals surface area (Å²) in [6.07, 6.45) is -1.60. The number of hydrogen-bond acceptors (Lipinski definition) is 7. The number of piperidine rings is 1. The Bertz CT molecular complexity index is 1220. The van der Waals surface area contributed by atoms with Crippen molar-refractivity contribution in [3.8, 4) is 23.4 Å². The van der Waals surface area contributed by atoms with Crippen molar-refractivity contribution in [2.45, 2.75) is 25.2 Å². The molecule has 0 spiro atoms. The molecule has 0 saturated carbocycles. The summed E-state index contributed by atoms with van der Waals surface area (Å²) in [5.74, 6) is -3.24. The van der Waals surface area contributed by atoms with Crippen LogP contribution >= 0.6 is 0 Å². The molecule has 0 aliphatic carbocycles. The second-order valence-corrected chi connectivity index (χ2v) is 7.78. The summed E-state index contributed by atoms with van der Waals surface area (Å²) in [7, 11) is 0. The lowest BCUT2D eigenvalue weighted by Crippen LogP contribution is -2.37. The monoisotopic (exact) mass is 506 g/mol. The van der Waals surface area contributed by atoms with Crippen LogP contribution in [0, 0.1) is 17.3 Å². The number of carbonyl (C=O) groups is 1. The molecule has 2 aromatic carbocycles. The van der Waals surface area contributed by atoms with Gasteiger partial charge in [0.1, 0.15) is 22.9 Å². The van der Waals surface area contributed by atoms with Gasteiger partial charge in [0.25, 0.3) is 5.91 Å². The number of benzene rings is 2. The molecular formula is C23H22F4N6O3. The van der Waals surface area contributed by atoms with Gasteiger partial charge in [0.2, 0.25) is 0 Å². The van der Waals surface area contributed by atoms with Crippen LogP contribution in [0.2, 0.25) is 0 Å². The zero-order valence-electron chi connectivity index (χ0n) is 18.8. The Balaban J connectivity index is 1.81. The Kier molecular flexibility index (Phi) is 7.88. The SMILES string of the molecule is N#CN1CCCC(N=C(N)C(C(N)=O)=C(N)c2ccc(Oc3ccc(F)c(OC(F)(F)F)c3)cc2)C1. The first kappa shape index (κ1) is 26.1. The quantitative estimate of drug-likeness (QED) is 0.172. The minimum absolute atomic E-state index is 0.0501. The van der Waals surface area contributed by atoms with E-state index < -0.39 is 23.8 Å². The number of rotatable bonds is 7.